The van der Waals surface area contributed by atoms with E-state index in [2.05, 4.69) is 27.8 Å². The highest BCUT2D eigenvalue weighted by Crippen LogP contribution is 2.32. The zero-order valence-electron chi connectivity index (χ0n) is 12.0. The van der Waals surface area contributed by atoms with Gasteiger partial charge in [0.1, 0.15) is 11.6 Å². The molecule has 0 spiro atoms. The van der Waals surface area contributed by atoms with Gasteiger partial charge in [0.05, 0.1) is 12.7 Å². The van der Waals surface area contributed by atoms with E-state index in [4.69, 9.17) is 10.5 Å². The van der Waals surface area contributed by atoms with Crippen LogP contribution in [0.3, 0.4) is 0 Å². The number of fused-ring (bicyclic) bond motifs is 1. The van der Waals surface area contributed by atoms with Gasteiger partial charge < -0.3 is 15.0 Å². The quantitative estimate of drug-likeness (QED) is 0.925. The largest absolute Gasteiger partial charge is 0.496 e. The Morgan fingerprint density at radius 1 is 1.40 bits per heavy atom. The van der Waals surface area contributed by atoms with E-state index < -0.39 is 0 Å². The van der Waals surface area contributed by atoms with Crippen molar-refractivity contribution < 1.29 is 4.74 Å². The lowest BCUT2D eigenvalue weighted by Crippen LogP contribution is -2.26. The van der Waals surface area contributed by atoms with Gasteiger partial charge in [-0.2, -0.15) is 0 Å². The third kappa shape index (κ3) is 2.18. The van der Waals surface area contributed by atoms with E-state index in [1.54, 1.807) is 7.11 Å². The molecule has 1 aliphatic rings. The molecule has 1 unspecified atom stereocenters. The first-order chi connectivity index (χ1) is 9.72. The normalized spacial score (nSPS) is 17.9. The minimum Gasteiger partial charge on any atom is -0.496 e. The maximum absolute atomic E-state index is 5.82. The maximum Gasteiger partial charge on any atom is 0.167 e. The van der Waals surface area contributed by atoms with Gasteiger partial charge in [-0.25, -0.2) is 0 Å². The van der Waals surface area contributed by atoms with Crippen LogP contribution in [0, 0.1) is 12.8 Å². The number of nitrogens with two attached hydrogens (primary N) is 1. The third-order valence-electron chi connectivity index (χ3n) is 3.97. The lowest BCUT2D eigenvalue weighted by Gasteiger charge is -2.23. The minimum absolute atomic E-state index is 0.507. The van der Waals surface area contributed by atoms with Crippen LogP contribution in [0.4, 0.5) is 0 Å². The molecule has 2 N–H and O–H groups in total. The molecule has 1 aromatic carbocycles. The average Bonchev–Trinajstić information content (AvgIpc) is 2.89. The number of rotatable bonds is 3. The second kappa shape index (κ2) is 5.25. The van der Waals surface area contributed by atoms with Crippen LogP contribution in [0.5, 0.6) is 5.75 Å². The zero-order valence-corrected chi connectivity index (χ0v) is 12.0. The van der Waals surface area contributed by atoms with Gasteiger partial charge in [-0.05, 0) is 37.9 Å². The monoisotopic (exact) mass is 272 g/mol. The SMILES string of the molecule is COc1ccc(C)cc1-c1nnc2n1CC(CN)CC2. The number of aryl methyl sites for hydroxylation is 2. The summed E-state index contributed by atoms with van der Waals surface area (Å²) in [5.41, 5.74) is 8.01. The molecule has 0 aliphatic carbocycles. The molecular weight excluding hydrogens is 252 g/mol. The topological polar surface area (TPSA) is 66.0 Å². The lowest BCUT2D eigenvalue weighted by atomic mass is 9.99. The molecule has 3 rings (SSSR count). The van der Waals surface area contributed by atoms with Crippen LogP contribution in [0.25, 0.3) is 11.4 Å². The van der Waals surface area contributed by atoms with Crippen molar-refractivity contribution in [2.45, 2.75) is 26.3 Å². The number of hydrogen-bond acceptors (Lipinski definition) is 4. The molecule has 2 aromatic rings. The molecule has 0 amide bonds. The first-order valence-electron chi connectivity index (χ1n) is 7.00. The predicted octanol–water partition coefficient (Wildman–Crippen LogP) is 1.78. The van der Waals surface area contributed by atoms with Gasteiger partial charge in [0.15, 0.2) is 5.82 Å². The van der Waals surface area contributed by atoms with Crippen LogP contribution in [0.2, 0.25) is 0 Å². The zero-order chi connectivity index (χ0) is 14.1. The standard InChI is InChI=1S/C15H20N4O/c1-10-3-5-13(20-2)12(7-10)15-18-17-14-6-4-11(8-16)9-19(14)15/h3,5,7,11H,4,6,8-9,16H2,1-2H3. The van der Waals surface area contributed by atoms with Crippen molar-refractivity contribution in [3.63, 3.8) is 0 Å². The number of ether oxygens (including phenoxy) is 1. The van der Waals surface area contributed by atoms with Gasteiger partial charge in [-0.3, -0.25) is 0 Å². The molecule has 1 aromatic heterocycles. The van der Waals surface area contributed by atoms with E-state index >= 15 is 0 Å². The summed E-state index contributed by atoms with van der Waals surface area (Å²) in [5.74, 6) is 3.28. The summed E-state index contributed by atoms with van der Waals surface area (Å²) in [7, 11) is 1.68. The van der Waals surface area contributed by atoms with Crippen molar-refractivity contribution in [2.75, 3.05) is 13.7 Å². The van der Waals surface area contributed by atoms with Crippen LogP contribution >= 0.6 is 0 Å². The fourth-order valence-electron chi connectivity index (χ4n) is 2.78. The fourth-order valence-corrected chi connectivity index (χ4v) is 2.78. The summed E-state index contributed by atoms with van der Waals surface area (Å²) in [6.07, 6.45) is 2.04. The van der Waals surface area contributed by atoms with Gasteiger partial charge in [0.25, 0.3) is 0 Å². The number of benzene rings is 1. The van der Waals surface area contributed by atoms with E-state index in [1.807, 2.05) is 12.1 Å². The number of nitrogens with zero attached hydrogens (tertiary/aromatic N) is 3. The van der Waals surface area contributed by atoms with Crippen molar-refractivity contribution in [1.82, 2.24) is 14.8 Å². The first kappa shape index (κ1) is 13.1. The second-order valence-corrected chi connectivity index (χ2v) is 5.39. The summed E-state index contributed by atoms with van der Waals surface area (Å²) < 4.78 is 7.66. The van der Waals surface area contributed by atoms with Crippen LogP contribution in [0.1, 0.15) is 17.8 Å². The van der Waals surface area contributed by atoms with E-state index in [0.717, 1.165) is 42.3 Å². The molecule has 5 nitrogen and oxygen atoms in total. The summed E-state index contributed by atoms with van der Waals surface area (Å²) in [6.45, 7) is 3.67. The van der Waals surface area contributed by atoms with Crippen molar-refractivity contribution >= 4 is 0 Å². The molecule has 0 saturated carbocycles. The fraction of sp³-hybridized carbons (Fsp3) is 0.467. The van der Waals surface area contributed by atoms with Crippen molar-refractivity contribution in [1.29, 1.82) is 0 Å². The second-order valence-electron chi connectivity index (χ2n) is 5.39. The highest BCUT2D eigenvalue weighted by molar-refractivity contribution is 5.65. The molecule has 106 valence electrons. The Bertz CT molecular complexity index is 620. The van der Waals surface area contributed by atoms with Crippen LogP contribution in [0.15, 0.2) is 18.2 Å². The Labute approximate surface area is 118 Å². The first-order valence-corrected chi connectivity index (χ1v) is 7.00. The Morgan fingerprint density at radius 3 is 3.00 bits per heavy atom. The van der Waals surface area contributed by atoms with Crippen molar-refractivity contribution in [3.8, 4) is 17.1 Å². The molecule has 5 heteroatoms. The Kier molecular flexibility index (Phi) is 3.44. The molecular formula is C15H20N4O. The Hall–Kier alpha value is -1.88. The highest BCUT2D eigenvalue weighted by Gasteiger charge is 2.24. The van der Waals surface area contributed by atoms with Gasteiger partial charge in [0.2, 0.25) is 0 Å². The lowest BCUT2D eigenvalue weighted by molar-refractivity contribution is 0.374. The summed E-state index contributed by atoms with van der Waals surface area (Å²) in [4.78, 5) is 0. The van der Waals surface area contributed by atoms with Crippen LogP contribution in [-0.2, 0) is 13.0 Å². The summed E-state index contributed by atoms with van der Waals surface area (Å²) in [6, 6.07) is 6.12. The number of methoxy groups -OCH3 is 1. The van der Waals surface area contributed by atoms with Gasteiger partial charge in [-0.1, -0.05) is 11.6 Å². The van der Waals surface area contributed by atoms with E-state index in [0.29, 0.717) is 12.5 Å². The van der Waals surface area contributed by atoms with Crippen LogP contribution in [-0.4, -0.2) is 28.4 Å². The Morgan fingerprint density at radius 2 is 2.25 bits per heavy atom. The van der Waals surface area contributed by atoms with Gasteiger partial charge in [0, 0.05) is 13.0 Å². The van der Waals surface area contributed by atoms with Gasteiger partial charge >= 0.3 is 0 Å². The molecule has 0 bridgehead atoms. The summed E-state index contributed by atoms with van der Waals surface area (Å²) in [5, 5.41) is 8.70. The molecule has 2 heterocycles. The predicted molar refractivity (Wildman–Crippen MR) is 77.6 cm³/mol. The molecule has 0 saturated heterocycles. The molecule has 1 atom stereocenters. The number of hydrogen-bond donors (Lipinski definition) is 1. The van der Waals surface area contributed by atoms with Gasteiger partial charge in [-0.15, -0.1) is 10.2 Å². The van der Waals surface area contributed by atoms with Crippen molar-refractivity contribution in [2.24, 2.45) is 11.7 Å². The van der Waals surface area contributed by atoms with E-state index in [-0.39, 0.29) is 0 Å². The molecule has 0 fully saturated rings. The number of aromatic nitrogens is 3. The smallest absolute Gasteiger partial charge is 0.167 e. The maximum atomic E-state index is 5.82. The minimum atomic E-state index is 0.507. The van der Waals surface area contributed by atoms with E-state index in [1.165, 1.54) is 5.56 Å². The van der Waals surface area contributed by atoms with Crippen molar-refractivity contribution in [3.05, 3.63) is 29.6 Å². The van der Waals surface area contributed by atoms with Crippen LogP contribution < -0.4 is 10.5 Å². The van der Waals surface area contributed by atoms with E-state index in [9.17, 15) is 0 Å². The molecule has 1 aliphatic heterocycles. The molecule has 0 radical (unpaired) electrons. The third-order valence-corrected chi connectivity index (χ3v) is 3.97. The average molecular weight is 272 g/mol. The Balaban J connectivity index is 2.08. The summed E-state index contributed by atoms with van der Waals surface area (Å²) >= 11 is 0. The highest BCUT2D eigenvalue weighted by atomic mass is 16.5. The molecule has 20 heavy (non-hydrogen) atoms.